The summed E-state index contributed by atoms with van der Waals surface area (Å²) < 4.78 is 25.8. The molecule has 0 saturated carbocycles. The molecular formula is C10H14N4O3S. The van der Waals surface area contributed by atoms with Crippen LogP contribution < -0.4 is 11.5 Å². The van der Waals surface area contributed by atoms with Crippen molar-refractivity contribution in [3.8, 4) is 0 Å². The number of sulfonamides is 1. The van der Waals surface area contributed by atoms with E-state index in [4.69, 9.17) is 11.5 Å². The fourth-order valence-corrected chi connectivity index (χ4v) is 3.79. The number of carbonyl (C=O) groups is 1. The van der Waals surface area contributed by atoms with Crippen LogP contribution in [0.2, 0.25) is 0 Å². The molecule has 1 atom stereocenters. The van der Waals surface area contributed by atoms with Crippen LogP contribution in [0.4, 0.5) is 5.82 Å². The summed E-state index contributed by atoms with van der Waals surface area (Å²) in [5.74, 6) is -0.717. The molecule has 18 heavy (non-hydrogen) atoms. The number of nitrogens with two attached hydrogens (primary N) is 2. The summed E-state index contributed by atoms with van der Waals surface area (Å²) in [4.78, 5) is 14.9. The number of primary amides is 1. The molecule has 1 aliphatic heterocycles. The first kappa shape index (κ1) is 12.8. The highest BCUT2D eigenvalue weighted by Crippen LogP contribution is 2.27. The molecule has 98 valence electrons. The lowest BCUT2D eigenvalue weighted by Crippen LogP contribution is -2.43. The summed E-state index contributed by atoms with van der Waals surface area (Å²) in [6.45, 7) is 0.268. The molecule has 1 fully saturated rings. The largest absolute Gasteiger partial charge is 0.383 e. The molecule has 2 rings (SSSR count). The van der Waals surface area contributed by atoms with E-state index in [1.54, 1.807) is 0 Å². The average molecular weight is 270 g/mol. The Hall–Kier alpha value is -1.67. The number of amides is 1. The van der Waals surface area contributed by atoms with Gasteiger partial charge in [-0.1, -0.05) is 0 Å². The van der Waals surface area contributed by atoms with Crippen molar-refractivity contribution < 1.29 is 13.2 Å². The zero-order valence-corrected chi connectivity index (χ0v) is 10.4. The van der Waals surface area contributed by atoms with Crippen molar-refractivity contribution in [3.05, 3.63) is 18.3 Å². The molecule has 7 nitrogen and oxygen atoms in total. The number of nitrogens with zero attached hydrogens (tertiary/aromatic N) is 2. The van der Waals surface area contributed by atoms with Crippen molar-refractivity contribution in [2.45, 2.75) is 23.8 Å². The molecule has 1 saturated heterocycles. The van der Waals surface area contributed by atoms with Gasteiger partial charge in [-0.2, -0.15) is 4.31 Å². The predicted octanol–water partition coefficient (Wildman–Crippen LogP) is -0.698. The Morgan fingerprint density at radius 1 is 1.50 bits per heavy atom. The lowest BCUT2D eigenvalue weighted by atomic mass is 10.2. The van der Waals surface area contributed by atoms with Gasteiger partial charge in [0.1, 0.15) is 16.8 Å². The molecule has 4 N–H and O–H groups in total. The Balaban J connectivity index is 2.43. The molecule has 8 heteroatoms. The number of aromatic nitrogens is 1. The number of nitrogen functional groups attached to an aromatic ring is 1. The van der Waals surface area contributed by atoms with Crippen molar-refractivity contribution in [3.63, 3.8) is 0 Å². The third kappa shape index (κ3) is 2.04. The highest BCUT2D eigenvalue weighted by atomic mass is 32.2. The summed E-state index contributed by atoms with van der Waals surface area (Å²) in [5, 5.41) is 0. The summed E-state index contributed by atoms with van der Waals surface area (Å²) in [6.07, 6.45) is 2.45. The molecule has 0 aliphatic carbocycles. The molecule has 0 radical (unpaired) electrons. The van der Waals surface area contributed by atoms with E-state index in [1.165, 1.54) is 18.3 Å². The highest BCUT2D eigenvalue weighted by Gasteiger charge is 2.39. The molecule has 0 bridgehead atoms. The van der Waals surface area contributed by atoms with Crippen molar-refractivity contribution in [1.29, 1.82) is 0 Å². The van der Waals surface area contributed by atoms with Crippen LogP contribution in [0.15, 0.2) is 23.2 Å². The van der Waals surface area contributed by atoms with E-state index < -0.39 is 22.0 Å². The number of rotatable bonds is 3. The van der Waals surface area contributed by atoms with E-state index >= 15 is 0 Å². The van der Waals surface area contributed by atoms with Crippen LogP contribution in [0.5, 0.6) is 0 Å². The van der Waals surface area contributed by atoms with Gasteiger partial charge < -0.3 is 11.5 Å². The van der Waals surface area contributed by atoms with Crippen LogP contribution in [0, 0.1) is 0 Å². The number of anilines is 1. The minimum absolute atomic E-state index is 0.0763. The Labute approximate surface area is 105 Å². The quantitative estimate of drug-likeness (QED) is 0.752. The lowest BCUT2D eigenvalue weighted by molar-refractivity contribution is -0.121. The van der Waals surface area contributed by atoms with Gasteiger partial charge in [0.05, 0.1) is 0 Å². The third-order valence-electron chi connectivity index (χ3n) is 2.92. The van der Waals surface area contributed by atoms with Crippen LogP contribution in [-0.2, 0) is 14.8 Å². The molecule has 1 aliphatic rings. The maximum absolute atomic E-state index is 12.4. The lowest BCUT2D eigenvalue weighted by Gasteiger charge is -2.21. The van der Waals surface area contributed by atoms with Gasteiger partial charge in [0.2, 0.25) is 15.9 Å². The Kier molecular flexibility index (Phi) is 3.22. The van der Waals surface area contributed by atoms with E-state index in [9.17, 15) is 13.2 Å². The van der Waals surface area contributed by atoms with Gasteiger partial charge in [0.15, 0.2) is 0 Å². The minimum Gasteiger partial charge on any atom is -0.383 e. The first-order valence-electron chi connectivity index (χ1n) is 5.46. The summed E-state index contributed by atoms with van der Waals surface area (Å²) in [5.41, 5.74) is 10.8. The summed E-state index contributed by atoms with van der Waals surface area (Å²) in [7, 11) is -3.82. The Bertz CT molecular complexity index is 572. The molecular weight excluding hydrogens is 256 g/mol. The molecule has 1 amide bonds. The van der Waals surface area contributed by atoms with Gasteiger partial charge in [-0.05, 0) is 25.0 Å². The van der Waals surface area contributed by atoms with Crippen LogP contribution in [-0.4, -0.2) is 36.2 Å². The van der Waals surface area contributed by atoms with Crippen molar-refractivity contribution >= 4 is 21.7 Å². The van der Waals surface area contributed by atoms with E-state index in [0.717, 1.165) is 4.31 Å². The van der Waals surface area contributed by atoms with Crippen molar-refractivity contribution in [2.75, 3.05) is 12.3 Å². The molecule has 1 aromatic heterocycles. The second kappa shape index (κ2) is 4.54. The Morgan fingerprint density at radius 3 is 2.83 bits per heavy atom. The van der Waals surface area contributed by atoms with Crippen molar-refractivity contribution in [1.82, 2.24) is 9.29 Å². The first-order chi connectivity index (χ1) is 8.44. The van der Waals surface area contributed by atoms with Crippen LogP contribution in [0.1, 0.15) is 12.8 Å². The Morgan fingerprint density at radius 2 is 2.22 bits per heavy atom. The molecule has 1 unspecified atom stereocenters. The second-order valence-electron chi connectivity index (χ2n) is 4.06. The minimum atomic E-state index is -3.82. The van der Waals surface area contributed by atoms with Gasteiger partial charge in [-0.15, -0.1) is 0 Å². The number of pyridine rings is 1. The summed E-state index contributed by atoms with van der Waals surface area (Å²) >= 11 is 0. The molecule has 0 aromatic carbocycles. The average Bonchev–Trinajstić information content (AvgIpc) is 2.78. The molecule has 0 spiro atoms. The zero-order valence-electron chi connectivity index (χ0n) is 9.61. The molecule has 1 aromatic rings. The van der Waals surface area contributed by atoms with Crippen molar-refractivity contribution in [2.24, 2.45) is 5.73 Å². The van der Waals surface area contributed by atoms with Gasteiger partial charge >= 0.3 is 0 Å². The van der Waals surface area contributed by atoms with E-state index in [1.807, 2.05) is 0 Å². The van der Waals surface area contributed by atoms with Crippen LogP contribution in [0.3, 0.4) is 0 Å². The first-order valence-corrected chi connectivity index (χ1v) is 6.90. The maximum atomic E-state index is 12.4. The topological polar surface area (TPSA) is 119 Å². The second-order valence-corrected chi connectivity index (χ2v) is 5.92. The monoisotopic (exact) mass is 270 g/mol. The van der Waals surface area contributed by atoms with Gasteiger partial charge in [-0.3, -0.25) is 4.79 Å². The smallest absolute Gasteiger partial charge is 0.247 e. The third-order valence-corrected chi connectivity index (χ3v) is 4.87. The maximum Gasteiger partial charge on any atom is 0.247 e. The van der Waals surface area contributed by atoms with Gasteiger partial charge in [0, 0.05) is 12.7 Å². The fourth-order valence-electron chi connectivity index (χ4n) is 2.06. The summed E-state index contributed by atoms with van der Waals surface area (Å²) in [6, 6.07) is 2.06. The van der Waals surface area contributed by atoms with E-state index in [2.05, 4.69) is 4.98 Å². The number of hydrogen-bond donors (Lipinski definition) is 2. The van der Waals surface area contributed by atoms with E-state index in [-0.39, 0.29) is 17.3 Å². The number of carbonyl (C=O) groups excluding carboxylic acids is 1. The fraction of sp³-hybridized carbons (Fsp3) is 0.400. The predicted molar refractivity (Wildman–Crippen MR) is 64.8 cm³/mol. The normalized spacial score (nSPS) is 21.0. The number of hydrogen-bond acceptors (Lipinski definition) is 5. The SMILES string of the molecule is NC(=O)C1CCCN1S(=O)(=O)c1cccnc1N. The highest BCUT2D eigenvalue weighted by molar-refractivity contribution is 7.89. The van der Waals surface area contributed by atoms with Crippen LogP contribution >= 0.6 is 0 Å². The van der Waals surface area contributed by atoms with E-state index in [0.29, 0.717) is 12.8 Å². The standard InChI is InChI=1S/C10H14N4O3S/c11-9-8(4-1-5-13-9)18(16,17)14-6-2-3-7(14)10(12)15/h1,4-5,7H,2-3,6H2,(H2,11,13)(H2,12,15). The van der Waals surface area contributed by atoms with Gasteiger partial charge in [0.25, 0.3) is 0 Å². The molecule has 2 heterocycles. The van der Waals surface area contributed by atoms with Gasteiger partial charge in [-0.25, -0.2) is 13.4 Å². The zero-order chi connectivity index (χ0) is 13.3. The van der Waals surface area contributed by atoms with Crippen LogP contribution in [0.25, 0.3) is 0 Å².